The van der Waals surface area contributed by atoms with Crippen LogP contribution in [-0.2, 0) is 4.74 Å². The summed E-state index contributed by atoms with van der Waals surface area (Å²) >= 11 is 0. The van der Waals surface area contributed by atoms with Gasteiger partial charge in [0.15, 0.2) is 0 Å². The second-order valence-electron chi connectivity index (χ2n) is 8.76. The van der Waals surface area contributed by atoms with Gasteiger partial charge in [0, 0.05) is 38.4 Å². The summed E-state index contributed by atoms with van der Waals surface area (Å²) in [7, 11) is 0. The molecule has 2 aliphatic heterocycles. The molecule has 0 spiro atoms. The van der Waals surface area contributed by atoms with Crippen molar-refractivity contribution in [3.8, 4) is 6.19 Å². The number of nitriles is 1. The molecule has 174 valence electrons. The standard InChI is InChI=1S/C24H32N8O/c1-18(2)21-16-31(23-15-26-14-22(29-23)30-10-12-33-13-11-30)8-9-32(21)24(27-17-25)28-20-7-5-4-6-19(20)3/h4-7,14-15,18,21H,8-13,16H2,1-3H3,(H,27,28). The number of para-hydroxylation sites is 1. The van der Waals surface area contributed by atoms with Gasteiger partial charge >= 0.3 is 0 Å². The summed E-state index contributed by atoms with van der Waals surface area (Å²) in [6, 6.07) is 8.21. The second-order valence-corrected chi connectivity index (χ2v) is 8.76. The van der Waals surface area contributed by atoms with Crippen molar-refractivity contribution >= 4 is 23.3 Å². The van der Waals surface area contributed by atoms with Crippen LogP contribution in [0, 0.1) is 24.3 Å². The lowest BCUT2D eigenvalue weighted by Crippen LogP contribution is -2.58. The second kappa shape index (κ2) is 10.5. The number of piperazine rings is 1. The van der Waals surface area contributed by atoms with Crippen LogP contribution in [0.2, 0.25) is 0 Å². The Morgan fingerprint density at radius 1 is 1.12 bits per heavy atom. The molecule has 2 aliphatic rings. The molecule has 9 heteroatoms. The molecule has 2 saturated heterocycles. The van der Waals surface area contributed by atoms with Gasteiger partial charge in [0.05, 0.1) is 31.6 Å². The summed E-state index contributed by atoms with van der Waals surface area (Å²) in [4.78, 5) is 20.3. The number of hydrogen-bond acceptors (Lipinski definition) is 7. The Hall–Kier alpha value is -3.38. The molecule has 2 fully saturated rings. The lowest BCUT2D eigenvalue weighted by molar-refractivity contribution is 0.122. The fraction of sp³-hybridized carbons (Fsp3) is 0.500. The first-order chi connectivity index (χ1) is 16.1. The quantitative estimate of drug-likeness (QED) is 0.434. The predicted octanol–water partition coefficient (Wildman–Crippen LogP) is 2.72. The third-order valence-electron chi connectivity index (χ3n) is 6.28. The molecule has 0 aliphatic carbocycles. The van der Waals surface area contributed by atoms with Gasteiger partial charge in [-0.15, -0.1) is 4.99 Å². The van der Waals surface area contributed by atoms with Crippen LogP contribution in [0.1, 0.15) is 19.4 Å². The van der Waals surface area contributed by atoms with Crippen LogP contribution in [-0.4, -0.2) is 72.8 Å². The molecular formula is C24H32N8O. The van der Waals surface area contributed by atoms with Crippen LogP contribution in [0.15, 0.2) is 41.7 Å². The van der Waals surface area contributed by atoms with Crippen LogP contribution in [0.25, 0.3) is 0 Å². The Balaban J connectivity index is 1.53. The molecule has 0 amide bonds. The number of benzene rings is 1. The minimum Gasteiger partial charge on any atom is -0.378 e. The Kier molecular flexibility index (Phi) is 7.25. The van der Waals surface area contributed by atoms with E-state index >= 15 is 0 Å². The zero-order chi connectivity index (χ0) is 23.2. The molecule has 1 aromatic carbocycles. The number of hydrogen-bond donors (Lipinski definition) is 1. The van der Waals surface area contributed by atoms with Gasteiger partial charge in [0.2, 0.25) is 12.2 Å². The molecule has 0 radical (unpaired) electrons. The van der Waals surface area contributed by atoms with Crippen molar-refractivity contribution < 1.29 is 4.74 Å². The molecule has 0 bridgehead atoms. The van der Waals surface area contributed by atoms with Crippen molar-refractivity contribution in [2.24, 2.45) is 10.9 Å². The normalized spacial score (nSPS) is 19.5. The number of aromatic nitrogens is 2. The molecule has 33 heavy (non-hydrogen) atoms. The van der Waals surface area contributed by atoms with Crippen molar-refractivity contribution in [1.29, 1.82) is 5.26 Å². The van der Waals surface area contributed by atoms with Crippen LogP contribution in [0.4, 0.5) is 17.3 Å². The highest BCUT2D eigenvalue weighted by atomic mass is 16.5. The summed E-state index contributed by atoms with van der Waals surface area (Å²) in [5, 5.41) is 12.8. The zero-order valence-electron chi connectivity index (χ0n) is 19.6. The van der Waals surface area contributed by atoms with Crippen molar-refractivity contribution in [2.75, 3.05) is 61.1 Å². The molecule has 0 saturated carbocycles. The Bertz CT molecular complexity index is 1010. The molecule has 1 aromatic heterocycles. The van der Waals surface area contributed by atoms with Gasteiger partial charge < -0.3 is 24.8 Å². The maximum absolute atomic E-state index is 9.38. The molecule has 1 unspecified atom stereocenters. The first kappa shape index (κ1) is 22.8. The van der Waals surface area contributed by atoms with E-state index < -0.39 is 0 Å². The third kappa shape index (κ3) is 5.34. The Labute approximate surface area is 195 Å². The Morgan fingerprint density at radius 3 is 2.55 bits per heavy atom. The topological polar surface area (TPSA) is 92.9 Å². The SMILES string of the molecule is Cc1ccccc1N/C(=N\C#N)N1CCN(c2cncc(N3CCOCC3)n2)CC1C(C)C. The van der Waals surface area contributed by atoms with E-state index in [0.717, 1.165) is 68.8 Å². The van der Waals surface area contributed by atoms with Crippen LogP contribution < -0.4 is 15.1 Å². The summed E-state index contributed by atoms with van der Waals surface area (Å²) in [6.45, 7) is 11.8. The maximum atomic E-state index is 9.38. The highest BCUT2D eigenvalue weighted by Gasteiger charge is 2.32. The molecule has 2 aromatic rings. The fourth-order valence-electron chi connectivity index (χ4n) is 4.34. The number of aliphatic imine (C=N–C) groups is 1. The van der Waals surface area contributed by atoms with Gasteiger partial charge in [-0.1, -0.05) is 32.0 Å². The first-order valence-electron chi connectivity index (χ1n) is 11.5. The largest absolute Gasteiger partial charge is 0.378 e. The number of ether oxygens (including phenoxy) is 1. The van der Waals surface area contributed by atoms with Crippen LogP contribution >= 0.6 is 0 Å². The Morgan fingerprint density at radius 2 is 1.85 bits per heavy atom. The summed E-state index contributed by atoms with van der Waals surface area (Å²) in [6.07, 6.45) is 5.65. The van der Waals surface area contributed by atoms with E-state index in [1.54, 1.807) is 0 Å². The van der Waals surface area contributed by atoms with Gasteiger partial charge in [-0.25, -0.2) is 4.98 Å². The highest BCUT2D eigenvalue weighted by Crippen LogP contribution is 2.24. The number of morpholine rings is 1. The minimum atomic E-state index is 0.163. The van der Waals surface area contributed by atoms with Crippen molar-refractivity contribution in [3.63, 3.8) is 0 Å². The number of guanidine groups is 1. The van der Waals surface area contributed by atoms with E-state index in [1.807, 2.05) is 49.8 Å². The number of anilines is 3. The monoisotopic (exact) mass is 448 g/mol. The van der Waals surface area contributed by atoms with Gasteiger partial charge in [0.1, 0.15) is 11.6 Å². The van der Waals surface area contributed by atoms with E-state index in [-0.39, 0.29) is 6.04 Å². The minimum absolute atomic E-state index is 0.163. The van der Waals surface area contributed by atoms with Gasteiger partial charge in [-0.05, 0) is 24.5 Å². The summed E-state index contributed by atoms with van der Waals surface area (Å²) in [5.41, 5.74) is 2.07. The van der Waals surface area contributed by atoms with Gasteiger partial charge in [-0.2, -0.15) is 5.26 Å². The molecule has 9 nitrogen and oxygen atoms in total. The van der Waals surface area contributed by atoms with E-state index in [1.165, 1.54) is 0 Å². The van der Waals surface area contributed by atoms with Crippen molar-refractivity contribution in [2.45, 2.75) is 26.8 Å². The molecular weight excluding hydrogens is 416 g/mol. The fourth-order valence-corrected chi connectivity index (χ4v) is 4.34. The van der Waals surface area contributed by atoms with E-state index in [2.05, 4.69) is 43.8 Å². The van der Waals surface area contributed by atoms with Gasteiger partial charge in [-0.3, -0.25) is 4.98 Å². The van der Waals surface area contributed by atoms with E-state index in [4.69, 9.17) is 9.72 Å². The first-order valence-corrected chi connectivity index (χ1v) is 11.5. The average Bonchev–Trinajstić information content (AvgIpc) is 2.85. The molecule has 3 heterocycles. The van der Waals surface area contributed by atoms with E-state index in [9.17, 15) is 5.26 Å². The lowest BCUT2D eigenvalue weighted by atomic mass is 9.99. The van der Waals surface area contributed by atoms with Crippen molar-refractivity contribution in [1.82, 2.24) is 14.9 Å². The predicted molar refractivity (Wildman–Crippen MR) is 130 cm³/mol. The number of aryl methyl sites for hydroxylation is 1. The maximum Gasteiger partial charge on any atom is 0.214 e. The number of nitrogens with zero attached hydrogens (tertiary/aromatic N) is 7. The van der Waals surface area contributed by atoms with Crippen molar-refractivity contribution in [3.05, 3.63) is 42.2 Å². The summed E-state index contributed by atoms with van der Waals surface area (Å²) in [5.74, 6) is 2.73. The van der Waals surface area contributed by atoms with E-state index in [0.29, 0.717) is 11.9 Å². The molecule has 1 N–H and O–H groups in total. The summed E-state index contributed by atoms with van der Waals surface area (Å²) < 4.78 is 5.47. The lowest BCUT2D eigenvalue weighted by Gasteiger charge is -2.45. The van der Waals surface area contributed by atoms with Gasteiger partial charge in [0.25, 0.3) is 0 Å². The zero-order valence-corrected chi connectivity index (χ0v) is 19.6. The highest BCUT2D eigenvalue weighted by molar-refractivity contribution is 5.95. The number of rotatable bonds is 4. The third-order valence-corrected chi connectivity index (χ3v) is 6.28. The smallest absolute Gasteiger partial charge is 0.214 e. The van der Waals surface area contributed by atoms with Crippen LogP contribution in [0.3, 0.4) is 0 Å². The number of nitrogens with one attached hydrogen (secondary N) is 1. The molecule has 4 rings (SSSR count). The average molecular weight is 449 g/mol. The van der Waals surface area contributed by atoms with Crippen LogP contribution in [0.5, 0.6) is 0 Å². The molecule has 1 atom stereocenters.